The molecule has 2 nitrogen and oxygen atoms in total. The van der Waals surface area contributed by atoms with Gasteiger partial charge in [0, 0.05) is 6.42 Å². The van der Waals surface area contributed by atoms with Gasteiger partial charge >= 0.3 is 0 Å². The third-order valence-corrected chi connectivity index (χ3v) is 0.877. The van der Waals surface area contributed by atoms with Gasteiger partial charge in [0.2, 0.25) is 0 Å². The second-order valence-electron chi connectivity index (χ2n) is 1.80. The number of ketones is 1. The third kappa shape index (κ3) is 5.34. The number of carbonyl (C=O) groups excluding carboxylic acids is 1. The molecule has 1 N–H and O–H groups in total. The summed E-state index contributed by atoms with van der Waals surface area (Å²) >= 11 is 0. The molecule has 2 heteroatoms. The van der Waals surface area contributed by atoms with E-state index in [1.54, 1.807) is 6.92 Å². The molecule has 0 fully saturated rings. The second kappa shape index (κ2) is 4.50. The lowest BCUT2D eigenvalue weighted by atomic mass is 10.2. The van der Waals surface area contributed by atoms with E-state index in [4.69, 9.17) is 5.41 Å². The van der Waals surface area contributed by atoms with Crippen LogP contribution in [-0.2, 0) is 4.79 Å². The fraction of sp³-hybridized carbons (Fsp3) is 0.667. The number of rotatable bonds is 4. The highest BCUT2D eigenvalue weighted by atomic mass is 16.1. The monoisotopic (exact) mass is 113 g/mol. The number of nitrogens with one attached hydrogen (secondary N) is 1. The van der Waals surface area contributed by atoms with Crippen LogP contribution in [-0.4, -0.2) is 12.0 Å². The first-order valence-electron chi connectivity index (χ1n) is 2.75. The molecule has 0 amide bonds. The van der Waals surface area contributed by atoms with Gasteiger partial charge in [0.25, 0.3) is 0 Å². The summed E-state index contributed by atoms with van der Waals surface area (Å²) in [6.45, 7) is 1.57. The van der Waals surface area contributed by atoms with Crippen molar-refractivity contribution in [2.75, 3.05) is 0 Å². The van der Waals surface area contributed by atoms with E-state index in [1.807, 2.05) is 0 Å². The van der Waals surface area contributed by atoms with Crippen LogP contribution in [0.1, 0.15) is 26.2 Å². The fourth-order valence-corrected chi connectivity index (χ4v) is 0.453. The lowest BCUT2D eigenvalue weighted by molar-refractivity contribution is -0.117. The van der Waals surface area contributed by atoms with Crippen molar-refractivity contribution in [3.63, 3.8) is 0 Å². The molecule has 0 aromatic rings. The van der Waals surface area contributed by atoms with Gasteiger partial charge in [0.05, 0.1) is 0 Å². The van der Waals surface area contributed by atoms with Crippen LogP contribution in [0.25, 0.3) is 0 Å². The highest BCUT2D eigenvalue weighted by molar-refractivity contribution is 5.75. The third-order valence-electron chi connectivity index (χ3n) is 0.877. The summed E-state index contributed by atoms with van der Waals surface area (Å²) in [5.41, 5.74) is 0. The average molecular weight is 113 g/mol. The van der Waals surface area contributed by atoms with Gasteiger partial charge in [0.15, 0.2) is 0 Å². The van der Waals surface area contributed by atoms with Crippen molar-refractivity contribution in [2.24, 2.45) is 0 Å². The van der Waals surface area contributed by atoms with Gasteiger partial charge < -0.3 is 10.2 Å². The van der Waals surface area contributed by atoms with Crippen LogP contribution < -0.4 is 0 Å². The first-order chi connectivity index (χ1) is 3.77. The molecule has 0 atom stereocenters. The number of unbranched alkanes of at least 4 members (excludes halogenated alkanes) is 1. The molecule has 0 aromatic carbocycles. The molecule has 0 rings (SSSR count). The maximum atomic E-state index is 10.2. The molecule has 0 aliphatic rings. The Bertz CT molecular complexity index is 88.5. The summed E-state index contributed by atoms with van der Waals surface area (Å²) in [5, 5.41) is 6.61. The molecule has 0 aliphatic heterocycles. The Labute approximate surface area is 49.4 Å². The molecular weight excluding hydrogens is 102 g/mol. The first kappa shape index (κ1) is 7.34. The average Bonchev–Trinajstić information content (AvgIpc) is 1.66. The number of hydrogen-bond donors (Lipinski definition) is 1. The quantitative estimate of drug-likeness (QED) is 0.434. The van der Waals surface area contributed by atoms with E-state index in [9.17, 15) is 4.79 Å². The molecule has 8 heavy (non-hydrogen) atoms. The highest BCUT2D eigenvalue weighted by Crippen LogP contribution is 1.91. The smallest absolute Gasteiger partial charge is 0.129 e. The SMILES string of the molecule is CC(=O)CCCC=N. The summed E-state index contributed by atoms with van der Waals surface area (Å²) in [6.07, 6.45) is 3.52. The lowest BCUT2D eigenvalue weighted by Crippen LogP contribution is -1.88. The maximum Gasteiger partial charge on any atom is 0.129 e. The molecule has 0 bridgehead atoms. The van der Waals surface area contributed by atoms with Crippen molar-refractivity contribution in [3.8, 4) is 0 Å². The standard InChI is InChI=1S/C6H11NO/c1-6(8)4-2-3-5-7/h5,7H,2-4H2,1H3. The summed E-state index contributed by atoms with van der Waals surface area (Å²) in [5.74, 6) is 0.215. The molecular formula is C6H11NO. The summed E-state index contributed by atoms with van der Waals surface area (Å²) in [6, 6.07) is 0. The van der Waals surface area contributed by atoms with Crippen molar-refractivity contribution in [1.29, 1.82) is 5.41 Å². The molecule has 0 aliphatic carbocycles. The van der Waals surface area contributed by atoms with Crippen molar-refractivity contribution in [1.82, 2.24) is 0 Å². The largest absolute Gasteiger partial charge is 0.313 e. The van der Waals surface area contributed by atoms with Gasteiger partial charge in [-0.2, -0.15) is 0 Å². The van der Waals surface area contributed by atoms with E-state index in [0.717, 1.165) is 12.8 Å². The van der Waals surface area contributed by atoms with E-state index >= 15 is 0 Å². The minimum atomic E-state index is 0.215. The van der Waals surface area contributed by atoms with Gasteiger partial charge in [0.1, 0.15) is 5.78 Å². The summed E-state index contributed by atoms with van der Waals surface area (Å²) < 4.78 is 0. The van der Waals surface area contributed by atoms with E-state index < -0.39 is 0 Å². The Morgan fingerprint density at radius 1 is 1.75 bits per heavy atom. The lowest BCUT2D eigenvalue weighted by Gasteiger charge is -1.87. The van der Waals surface area contributed by atoms with Crippen LogP contribution in [0.4, 0.5) is 0 Å². The van der Waals surface area contributed by atoms with Crippen molar-refractivity contribution < 1.29 is 4.79 Å². The number of Topliss-reactive ketones (excluding diaryl/α,β-unsaturated/α-hetero) is 1. The van der Waals surface area contributed by atoms with E-state index in [-0.39, 0.29) is 5.78 Å². The molecule has 0 radical (unpaired) electrons. The predicted molar refractivity (Wildman–Crippen MR) is 33.3 cm³/mol. The van der Waals surface area contributed by atoms with Crippen LogP contribution in [0.5, 0.6) is 0 Å². The first-order valence-corrected chi connectivity index (χ1v) is 2.75. The molecule has 0 saturated carbocycles. The van der Waals surface area contributed by atoms with Gasteiger partial charge in [-0.15, -0.1) is 0 Å². The van der Waals surface area contributed by atoms with Crippen molar-refractivity contribution in [2.45, 2.75) is 26.2 Å². The zero-order chi connectivity index (χ0) is 6.41. The molecule has 0 heterocycles. The minimum absolute atomic E-state index is 0.215. The fourth-order valence-electron chi connectivity index (χ4n) is 0.453. The van der Waals surface area contributed by atoms with Crippen LogP contribution in [0, 0.1) is 5.41 Å². The Balaban J connectivity index is 2.93. The Morgan fingerprint density at radius 2 is 2.38 bits per heavy atom. The summed E-state index contributed by atoms with van der Waals surface area (Å²) in [4.78, 5) is 10.2. The van der Waals surface area contributed by atoms with Crippen LogP contribution in [0.3, 0.4) is 0 Å². The second-order valence-corrected chi connectivity index (χ2v) is 1.80. The number of hydrogen-bond acceptors (Lipinski definition) is 2. The zero-order valence-corrected chi connectivity index (χ0v) is 5.11. The molecule has 46 valence electrons. The minimum Gasteiger partial charge on any atom is -0.313 e. The molecule has 0 spiro atoms. The molecule has 0 unspecified atom stereocenters. The van der Waals surface area contributed by atoms with E-state index in [1.165, 1.54) is 6.21 Å². The number of carbonyl (C=O) groups is 1. The topological polar surface area (TPSA) is 40.9 Å². The van der Waals surface area contributed by atoms with Gasteiger partial charge in [-0.1, -0.05) is 0 Å². The maximum absolute atomic E-state index is 10.2. The Morgan fingerprint density at radius 3 is 2.75 bits per heavy atom. The Kier molecular flexibility index (Phi) is 4.13. The van der Waals surface area contributed by atoms with E-state index in [0.29, 0.717) is 6.42 Å². The van der Waals surface area contributed by atoms with Gasteiger partial charge in [-0.3, -0.25) is 0 Å². The van der Waals surface area contributed by atoms with Crippen LogP contribution >= 0.6 is 0 Å². The van der Waals surface area contributed by atoms with E-state index in [2.05, 4.69) is 0 Å². The van der Waals surface area contributed by atoms with Gasteiger partial charge in [-0.05, 0) is 26.0 Å². The summed E-state index contributed by atoms with van der Waals surface area (Å²) in [7, 11) is 0. The molecule has 0 aromatic heterocycles. The highest BCUT2D eigenvalue weighted by Gasteiger charge is 1.89. The van der Waals surface area contributed by atoms with Gasteiger partial charge in [-0.25, -0.2) is 0 Å². The van der Waals surface area contributed by atoms with Crippen LogP contribution in [0.2, 0.25) is 0 Å². The van der Waals surface area contributed by atoms with Crippen LogP contribution in [0.15, 0.2) is 0 Å². The predicted octanol–water partition coefficient (Wildman–Crippen LogP) is 1.40. The van der Waals surface area contributed by atoms with Crippen molar-refractivity contribution >= 4 is 12.0 Å². The Hall–Kier alpha value is -0.660. The molecule has 0 saturated heterocycles. The normalized spacial score (nSPS) is 8.62. The van der Waals surface area contributed by atoms with Crippen molar-refractivity contribution in [3.05, 3.63) is 0 Å². The zero-order valence-electron chi connectivity index (χ0n) is 5.11.